The average molecular weight is 183 g/mol. The highest BCUT2D eigenvalue weighted by Crippen LogP contribution is 2.50. The molecule has 3 aliphatic rings. The number of nitrogens with zero attached hydrogens (tertiary/aromatic N) is 1. The Balaban J connectivity index is 2.12. The Morgan fingerprint density at radius 2 is 2.23 bits per heavy atom. The van der Waals surface area contributed by atoms with Gasteiger partial charge in [0.2, 0.25) is 5.91 Å². The molecule has 0 unspecified atom stereocenters. The van der Waals surface area contributed by atoms with Gasteiger partial charge in [0.1, 0.15) is 0 Å². The lowest BCUT2D eigenvalue weighted by molar-refractivity contribution is -0.139. The van der Waals surface area contributed by atoms with E-state index < -0.39 is 0 Å². The fraction of sp³-hybridized carbons (Fsp3) is 0.900. The summed E-state index contributed by atoms with van der Waals surface area (Å²) in [5, 5.41) is 9.27. The zero-order valence-corrected chi connectivity index (χ0v) is 8.29. The molecule has 3 heteroatoms. The third-order valence-electron chi connectivity index (χ3n) is 3.40. The first kappa shape index (κ1) is 9.00. The molecular weight excluding hydrogens is 166 g/mol. The van der Waals surface area contributed by atoms with E-state index >= 15 is 0 Å². The third-order valence-corrected chi connectivity index (χ3v) is 3.40. The smallest absolute Gasteiger partial charge is 0.225 e. The standard InChI is InChI=1S/C10H17NO2/c1-7(2)9(13)11-5-8-3-10(11,4-8)6-12/h7-8,12H,3-6H2,1-2H3. The van der Waals surface area contributed by atoms with E-state index in [1.807, 2.05) is 18.7 Å². The van der Waals surface area contributed by atoms with Gasteiger partial charge in [-0.25, -0.2) is 0 Å². The summed E-state index contributed by atoms with van der Waals surface area (Å²) in [6, 6.07) is 0. The van der Waals surface area contributed by atoms with Crippen molar-refractivity contribution in [2.24, 2.45) is 11.8 Å². The maximum Gasteiger partial charge on any atom is 0.225 e. The van der Waals surface area contributed by atoms with Crippen molar-refractivity contribution in [2.45, 2.75) is 32.2 Å². The van der Waals surface area contributed by atoms with E-state index in [0.29, 0.717) is 5.92 Å². The van der Waals surface area contributed by atoms with Crippen LogP contribution in [0.5, 0.6) is 0 Å². The fourth-order valence-electron chi connectivity index (χ4n) is 2.67. The molecular formula is C10H17NO2. The summed E-state index contributed by atoms with van der Waals surface area (Å²) in [6.45, 7) is 4.85. The van der Waals surface area contributed by atoms with Gasteiger partial charge < -0.3 is 10.0 Å². The number of fused-ring (bicyclic) bond motifs is 1. The van der Waals surface area contributed by atoms with Crippen molar-refractivity contribution < 1.29 is 9.90 Å². The fourth-order valence-corrected chi connectivity index (χ4v) is 2.67. The highest BCUT2D eigenvalue weighted by molar-refractivity contribution is 5.80. The van der Waals surface area contributed by atoms with Crippen molar-refractivity contribution in [3.05, 3.63) is 0 Å². The Kier molecular flexibility index (Phi) is 1.88. The normalized spacial score (nSPS) is 36.6. The summed E-state index contributed by atoms with van der Waals surface area (Å²) >= 11 is 0. The molecule has 1 N–H and O–H groups in total. The Bertz CT molecular complexity index is 231. The molecule has 1 amide bonds. The van der Waals surface area contributed by atoms with Crippen molar-refractivity contribution >= 4 is 5.91 Å². The van der Waals surface area contributed by atoms with Gasteiger partial charge >= 0.3 is 0 Å². The lowest BCUT2D eigenvalue weighted by Gasteiger charge is -2.41. The van der Waals surface area contributed by atoms with Gasteiger partial charge in [-0.2, -0.15) is 0 Å². The van der Waals surface area contributed by atoms with Crippen molar-refractivity contribution in [3.63, 3.8) is 0 Å². The van der Waals surface area contributed by atoms with E-state index in [1.165, 1.54) is 0 Å². The van der Waals surface area contributed by atoms with Gasteiger partial charge in [0.05, 0.1) is 12.1 Å². The zero-order valence-electron chi connectivity index (χ0n) is 8.29. The minimum Gasteiger partial charge on any atom is -0.394 e. The van der Waals surface area contributed by atoms with Crippen LogP contribution in [-0.4, -0.2) is 34.6 Å². The van der Waals surface area contributed by atoms with Gasteiger partial charge in [0.25, 0.3) is 0 Å². The van der Waals surface area contributed by atoms with Gasteiger partial charge in [-0.15, -0.1) is 0 Å². The highest BCUT2D eigenvalue weighted by atomic mass is 16.3. The van der Waals surface area contributed by atoms with Gasteiger partial charge in [-0.05, 0) is 18.8 Å². The van der Waals surface area contributed by atoms with Gasteiger partial charge in [-0.3, -0.25) is 4.79 Å². The molecule has 2 saturated heterocycles. The molecule has 1 aliphatic carbocycles. The first-order valence-corrected chi connectivity index (χ1v) is 5.01. The maximum absolute atomic E-state index is 11.8. The van der Waals surface area contributed by atoms with Crippen LogP contribution in [0.25, 0.3) is 0 Å². The molecule has 3 nitrogen and oxygen atoms in total. The van der Waals surface area contributed by atoms with Gasteiger partial charge in [0, 0.05) is 12.5 Å². The van der Waals surface area contributed by atoms with E-state index in [9.17, 15) is 9.90 Å². The Morgan fingerprint density at radius 3 is 2.69 bits per heavy atom. The summed E-state index contributed by atoms with van der Waals surface area (Å²) < 4.78 is 0. The van der Waals surface area contributed by atoms with Crippen LogP contribution in [0.2, 0.25) is 0 Å². The number of aliphatic hydroxyl groups excluding tert-OH is 1. The Morgan fingerprint density at radius 1 is 1.62 bits per heavy atom. The summed E-state index contributed by atoms with van der Waals surface area (Å²) in [6.07, 6.45) is 2.03. The first-order valence-electron chi connectivity index (χ1n) is 5.01. The number of hydrogen-bond acceptors (Lipinski definition) is 2. The van der Waals surface area contributed by atoms with Crippen LogP contribution < -0.4 is 0 Å². The topological polar surface area (TPSA) is 40.5 Å². The number of carbonyl (C=O) groups is 1. The van der Waals surface area contributed by atoms with E-state index in [-0.39, 0.29) is 24.0 Å². The highest BCUT2D eigenvalue weighted by Gasteiger charge is 2.57. The molecule has 3 rings (SSSR count). The molecule has 74 valence electrons. The molecule has 0 aromatic rings. The second-order valence-electron chi connectivity index (χ2n) is 4.76. The van der Waals surface area contributed by atoms with Crippen LogP contribution in [0.1, 0.15) is 26.7 Å². The van der Waals surface area contributed by atoms with Crippen LogP contribution >= 0.6 is 0 Å². The number of rotatable bonds is 2. The summed E-state index contributed by atoms with van der Waals surface area (Å²) in [4.78, 5) is 13.7. The average Bonchev–Trinajstić information content (AvgIpc) is 2.55. The third kappa shape index (κ3) is 1.10. The van der Waals surface area contributed by atoms with Crippen LogP contribution in [0.15, 0.2) is 0 Å². The lowest BCUT2D eigenvalue weighted by atomic mass is 9.74. The van der Waals surface area contributed by atoms with Crippen molar-refractivity contribution in [1.29, 1.82) is 0 Å². The molecule has 3 fully saturated rings. The van der Waals surface area contributed by atoms with Crippen LogP contribution in [-0.2, 0) is 4.79 Å². The SMILES string of the molecule is CC(C)C(=O)N1CC2CC1(CO)C2. The molecule has 2 heterocycles. The van der Waals surface area contributed by atoms with E-state index in [2.05, 4.69) is 0 Å². The lowest BCUT2D eigenvalue weighted by Crippen LogP contribution is -2.52. The van der Waals surface area contributed by atoms with Crippen molar-refractivity contribution in [2.75, 3.05) is 13.2 Å². The molecule has 0 radical (unpaired) electrons. The number of amides is 1. The molecule has 0 spiro atoms. The van der Waals surface area contributed by atoms with Crippen LogP contribution in [0, 0.1) is 11.8 Å². The molecule has 2 bridgehead atoms. The molecule has 13 heavy (non-hydrogen) atoms. The number of aliphatic hydroxyl groups is 1. The first-order chi connectivity index (χ1) is 6.09. The molecule has 2 aliphatic heterocycles. The van der Waals surface area contributed by atoms with E-state index in [1.54, 1.807) is 0 Å². The summed E-state index contributed by atoms with van der Waals surface area (Å²) in [5.74, 6) is 0.923. The van der Waals surface area contributed by atoms with Gasteiger partial charge in [0.15, 0.2) is 0 Å². The van der Waals surface area contributed by atoms with Crippen LogP contribution in [0.4, 0.5) is 0 Å². The second-order valence-corrected chi connectivity index (χ2v) is 4.76. The summed E-state index contributed by atoms with van der Waals surface area (Å²) in [7, 11) is 0. The van der Waals surface area contributed by atoms with Crippen molar-refractivity contribution in [1.82, 2.24) is 4.90 Å². The monoisotopic (exact) mass is 183 g/mol. The second kappa shape index (κ2) is 2.71. The molecule has 0 atom stereocenters. The van der Waals surface area contributed by atoms with Crippen molar-refractivity contribution in [3.8, 4) is 0 Å². The molecule has 0 aromatic carbocycles. The molecule has 1 saturated carbocycles. The minimum atomic E-state index is -0.161. The maximum atomic E-state index is 11.8. The van der Waals surface area contributed by atoms with Gasteiger partial charge in [-0.1, -0.05) is 13.8 Å². The summed E-state index contributed by atoms with van der Waals surface area (Å²) in [5.41, 5.74) is -0.161. The quantitative estimate of drug-likeness (QED) is 0.682. The Labute approximate surface area is 78.7 Å². The minimum absolute atomic E-state index is 0.0581. The number of hydrogen-bond donors (Lipinski definition) is 1. The van der Waals surface area contributed by atoms with Crippen LogP contribution in [0.3, 0.4) is 0 Å². The zero-order chi connectivity index (χ0) is 9.64. The van der Waals surface area contributed by atoms with E-state index in [0.717, 1.165) is 19.4 Å². The molecule has 0 aromatic heterocycles. The predicted octanol–water partition coefficient (Wildman–Crippen LogP) is 0.626. The van der Waals surface area contributed by atoms with E-state index in [4.69, 9.17) is 0 Å². The predicted molar refractivity (Wildman–Crippen MR) is 49.1 cm³/mol. The number of carbonyl (C=O) groups excluding carboxylic acids is 1. The Hall–Kier alpha value is -0.570. The largest absolute Gasteiger partial charge is 0.394 e.